The summed E-state index contributed by atoms with van der Waals surface area (Å²) in [4.78, 5) is 0. The molecule has 0 saturated heterocycles. The molecule has 4 heteroatoms. The lowest BCUT2D eigenvalue weighted by molar-refractivity contribution is 0.273. The lowest BCUT2D eigenvalue weighted by atomic mass is 10.2. The van der Waals surface area contributed by atoms with Gasteiger partial charge in [0.1, 0.15) is 6.67 Å². The van der Waals surface area contributed by atoms with Crippen molar-refractivity contribution in [1.82, 2.24) is 10.0 Å². The van der Waals surface area contributed by atoms with E-state index in [0.29, 0.717) is 6.67 Å². The van der Waals surface area contributed by atoms with E-state index in [4.69, 9.17) is 0 Å². The average molecular weight is 290 g/mol. The van der Waals surface area contributed by atoms with Crippen molar-refractivity contribution in [3.8, 4) is 0 Å². The highest BCUT2D eigenvalue weighted by Crippen LogP contribution is 2.15. The van der Waals surface area contributed by atoms with Crippen molar-refractivity contribution in [3.05, 3.63) is 83.7 Å². The van der Waals surface area contributed by atoms with Gasteiger partial charge in [-0.2, -0.15) is 10.2 Å². The molecule has 0 bridgehead atoms. The van der Waals surface area contributed by atoms with E-state index in [1.54, 1.807) is 0 Å². The molecule has 0 aliphatic carbocycles. The number of hydrogen-bond donors (Lipinski definition) is 0. The van der Waals surface area contributed by atoms with Crippen molar-refractivity contribution < 1.29 is 0 Å². The van der Waals surface area contributed by atoms with Gasteiger partial charge in [-0.05, 0) is 18.1 Å². The van der Waals surface area contributed by atoms with Crippen molar-refractivity contribution in [2.24, 2.45) is 10.2 Å². The molecule has 110 valence electrons. The van der Waals surface area contributed by atoms with E-state index in [1.165, 1.54) is 0 Å². The van der Waals surface area contributed by atoms with Crippen LogP contribution in [-0.4, -0.2) is 29.1 Å². The van der Waals surface area contributed by atoms with Gasteiger partial charge in [-0.15, -0.1) is 0 Å². The van der Waals surface area contributed by atoms with E-state index >= 15 is 0 Å². The van der Waals surface area contributed by atoms with E-state index < -0.39 is 0 Å². The van der Waals surface area contributed by atoms with Crippen LogP contribution in [-0.2, 0) is 0 Å². The molecule has 1 aliphatic heterocycles. The molecule has 0 aromatic heterocycles. The fourth-order valence-electron chi connectivity index (χ4n) is 2.12. The van der Waals surface area contributed by atoms with Crippen LogP contribution in [0.25, 0.3) is 0 Å². The summed E-state index contributed by atoms with van der Waals surface area (Å²) in [6.07, 6.45) is 5.71. The zero-order chi connectivity index (χ0) is 15.2. The Hall–Kier alpha value is -2.88. The summed E-state index contributed by atoms with van der Waals surface area (Å²) in [5.41, 5.74) is 3.23. The van der Waals surface area contributed by atoms with Gasteiger partial charge in [0.2, 0.25) is 0 Å². The molecule has 0 saturated carbocycles. The predicted molar refractivity (Wildman–Crippen MR) is 90.4 cm³/mol. The third-order valence-electron chi connectivity index (χ3n) is 3.32. The van der Waals surface area contributed by atoms with Gasteiger partial charge in [0.25, 0.3) is 0 Å². The summed E-state index contributed by atoms with van der Waals surface area (Å²) < 4.78 is 0. The first-order valence-electron chi connectivity index (χ1n) is 7.22. The monoisotopic (exact) mass is 290 g/mol. The third-order valence-corrected chi connectivity index (χ3v) is 3.32. The minimum Gasteiger partial charge on any atom is -0.249 e. The van der Waals surface area contributed by atoms with Gasteiger partial charge in [0, 0.05) is 6.20 Å². The van der Waals surface area contributed by atoms with Crippen LogP contribution < -0.4 is 0 Å². The number of hydrazone groups is 2. The van der Waals surface area contributed by atoms with Crippen molar-refractivity contribution in [3.63, 3.8) is 0 Å². The fraction of sp³-hybridized carbons (Fsp3) is 0.111. The second-order valence-corrected chi connectivity index (χ2v) is 5.06. The Labute approximate surface area is 130 Å². The Balaban J connectivity index is 1.62. The number of nitrogens with zero attached hydrogens (tertiary/aromatic N) is 4. The molecule has 3 rings (SSSR count). The zero-order valence-corrected chi connectivity index (χ0v) is 12.5. The highest BCUT2D eigenvalue weighted by Gasteiger charge is 2.15. The van der Waals surface area contributed by atoms with Gasteiger partial charge in [-0.1, -0.05) is 60.7 Å². The molecule has 22 heavy (non-hydrogen) atoms. The molecule has 0 spiro atoms. The lowest BCUT2D eigenvalue weighted by Gasteiger charge is -2.14. The number of rotatable bonds is 4. The minimum atomic E-state index is 0.624. The smallest absolute Gasteiger partial charge is 0.133 e. The average Bonchev–Trinajstić information content (AvgIpc) is 2.93. The molecule has 4 nitrogen and oxygen atoms in total. The Morgan fingerprint density at radius 3 is 1.95 bits per heavy atom. The number of hydrogen-bond acceptors (Lipinski definition) is 4. The van der Waals surface area contributed by atoms with Gasteiger partial charge in [0.15, 0.2) is 0 Å². The molecular weight excluding hydrogens is 272 g/mol. The highest BCUT2D eigenvalue weighted by atomic mass is 15.6. The summed E-state index contributed by atoms with van der Waals surface area (Å²) in [5, 5.41) is 12.8. The molecule has 2 aromatic carbocycles. The fourth-order valence-corrected chi connectivity index (χ4v) is 2.12. The van der Waals surface area contributed by atoms with Crippen LogP contribution in [0.2, 0.25) is 0 Å². The quantitative estimate of drug-likeness (QED) is 0.807. The van der Waals surface area contributed by atoms with Crippen LogP contribution in [0.15, 0.2) is 82.8 Å². The molecule has 0 fully saturated rings. The minimum absolute atomic E-state index is 0.624. The van der Waals surface area contributed by atoms with Crippen LogP contribution in [0.3, 0.4) is 0 Å². The molecule has 0 amide bonds. The van der Waals surface area contributed by atoms with Crippen molar-refractivity contribution in [2.45, 2.75) is 6.92 Å². The molecule has 0 N–H and O–H groups in total. The first-order valence-corrected chi connectivity index (χ1v) is 7.22. The van der Waals surface area contributed by atoms with E-state index in [1.807, 2.05) is 96.2 Å². The molecular formula is C18H18N4. The predicted octanol–water partition coefficient (Wildman–Crippen LogP) is 3.49. The van der Waals surface area contributed by atoms with Crippen molar-refractivity contribution in [1.29, 1.82) is 0 Å². The maximum atomic E-state index is 4.50. The second kappa shape index (κ2) is 6.72. The van der Waals surface area contributed by atoms with Gasteiger partial charge >= 0.3 is 0 Å². The summed E-state index contributed by atoms with van der Waals surface area (Å²) in [6.45, 7) is 2.65. The van der Waals surface area contributed by atoms with Crippen LogP contribution in [0, 0.1) is 0 Å². The van der Waals surface area contributed by atoms with Gasteiger partial charge in [0.05, 0.1) is 18.1 Å². The van der Waals surface area contributed by atoms with E-state index in [2.05, 4.69) is 10.2 Å². The Bertz CT molecular complexity index is 690. The van der Waals surface area contributed by atoms with Crippen LogP contribution >= 0.6 is 0 Å². The number of allylic oxidation sites excluding steroid dienone is 1. The van der Waals surface area contributed by atoms with E-state index in [9.17, 15) is 0 Å². The first kappa shape index (κ1) is 14.1. The van der Waals surface area contributed by atoms with Crippen LogP contribution in [0.1, 0.15) is 18.1 Å². The topological polar surface area (TPSA) is 31.2 Å². The Kier molecular flexibility index (Phi) is 4.30. The van der Waals surface area contributed by atoms with Crippen molar-refractivity contribution in [2.75, 3.05) is 6.67 Å². The van der Waals surface area contributed by atoms with Gasteiger partial charge in [-0.3, -0.25) is 0 Å². The largest absolute Gasteiger partial charge is 0.249 e. The Morgan fingerprint density at radius 1 is 0.818 bits per heavy atom. The zero-order valence-electron chi connectivity index (χ0n) is 12.5. The molecule has 0 radical (unpaired) electrons. The molecule has 0 atom stereocenters. The summed E-state index contributed by atoms with van der Waals surface area (Å²) >= 11 is 0. The second-order valence-electron chi connectivity index (χ2n) is 5.06. The SMILES string of the molecule is CC1=CN(N=Cc2ccccc2)CN1N=Cc1ccccc1. The summed E-state index contributed by atoms with van der Waals surface area (Å²) in [5.74, 6) is 0. The summed E-state index contributed by atoms with van der Waals surface area (Å²) in [7, 11) is 0. The number of benzene rings is 2. The molecule has 1 heterocycles. The van der Waals surface area contributed by atoms with Crippen LogP contribution in [0.4, 0.5) is 0 Å². The molecule has 0 unspecified atom stereocenters. The van der Waals surface area contributed by atoms with Crippen molar-refractivity contribution >= 4 is 12.4 Å². The third kappa shape index (κ3) is 3.61. The van der Waals surface area contributed by atoms with Crippen LogP contribution in [0.5, 0.6) is 0 Å². The normalized spacial score (nSPS) is 15.0. The molecule has 1 aliphatic rings. The van der Waals surface area contributed by atoms with Gasteiger partial charge in [-0.25, -0.2) is 10.0 Å². The maximum Gasteiger partial charge on any atom is 0.133 e. The standard InChI is InChI=1S/C18H18N4/c1-16-14-21(19-12-17-8-4-2-5-9-17)15-22(16)20-13-18-10-6-3-7-11-18/h2-14H,15H2,1H3. The Morgan fingerprint density at radius 2 is 1.36 bits per heavy atom. The lowest BCUT2D eigenvalue weighted by Crippen LogP contribution is -2.19. The highest BCUT2D eigenvalue weighted by molar-refractivity contribution is 5.79. The summed E-state index contributed by atoms with van der Waals surface area (Å²) in [6, 6.07) is 20.1. The maximum absolute atomic E-state index is 4.50. The van der Waals surface area contributed by atoms with E-state index in [-0.39, 0.29) is 0 Å². The van der Waals surface area contributed by atoms with E-state index in [0.717, 1.165) is 16.8 Å². The first-order chi connectivity index (χ1) is 10.8. The van der Waals surface area contributed by atoms with Gasteiger partial charge < -0.3 is 0 Å². The molecule has 2 aromatic rings.